The highest BCUT2D eigenvalue weighted by Crippen LogP contribution is 2.37. The van der Waals surface area contributed by atoms with Gasteiger partial charge >= 0.3 is 5.97 Å². The topological polar surface area (TPSA) is 82.1 Å². The minimum atomic E-state index is -0.623. The summed E-state index contributed by atoms with van der Waals surface area (Å²) in [6, 6.07) is 11.6. The molecule has 0 aliphatic carbocycles. The molecule has 168 valence electrons. The molecule has 32 heavy (non-hydrogen) atoms. The number of carbonyl (C=O) groups excluding carboxylic acids is 3. The Bertz CT molecular complexity index is 1080. The number of esters is 1. The summed E-state index contributed by atoms with van der Waals surface area (Å²) in [6.07, 6.45) is 1.60. The van der Waals surface area contributed by atoms with Crippen LogP contribution in [0.1, 0.15) is 23.6 Å². The van der Waals surface area contributed by atoms with Crippen molar-refractivity contribution >= 4 is 57.5 Å². The van der Waals surface area contributed by atoms with E-state index in [1.807, 2.05) is 37.3 Å². The molecule has 0 saturated carbocycles. The zero-order valence-corrected chi connectivity index (χ0v) is 20.8. The maximum absolute atomic E-state index is 12.6. The number of hydrogen-bond acceptors (Lipinski definition) is 7. The lowest BCUT2D eigenvalue weighted by Crippen LogP contribution is -2.34. The summed E-state index contributed by atoms with van der Waals surface area (Å²) in [5.41, 5.74) is 2.89. The van der Waals surface area contributed by atoms with Gasteiger partial charge in [-0.15, -0.1) is 0 Å². The fourth-order valence-corrected chi connectivity index (χ4v) is 4.63. The lowest BCUT2D eigenvalue weighted by Gasteiger charge is -2.15. The van der Waals surface area contributed by atoms with E-state index in [2.05, 4.69) is 22.6 Å². The number of ether oxygens (including phenoxy) is 3. The van der Waals surface area contributed by atoms with E-state index in [0.717, 1.165) is 31.4 Å². The molecule has 2 amide bonds. The minimum absolute atomic E-state index is 0.182. The number of hydrogen-bond donors (Lipinski definition) is 0. The van der Waals surface area contributed by atoms with E-state index in [9.17, 15) is 14.4 Å². The Morgan fingerprint density at radius 3 is 2.66 bits per heavy atom. The fourth-order valence-electron chi connectivity index (χ4n) is 3.01. The number of methoxy groups -OCH3 is 1. The van der Waals surface area contributed by atoms with Crippen LogP contribution >= 0.6 is 34.4 Å². The van der Waals surface area contributed by atoms with Gasteiger partial charge in [0.25, 0.3) is 11.1 Å². The highest BCUT2D eigenvalue weighted by Gasteiger charge is 2.36. The van der Waals surface area contributed by atoms with Gasteiger partial charge in [-0.3, -0.25) is 19.3 Å². The molecule has 1 saturated heterocycles. The number of rotatable bonds is 8. The molecule has 0 spiro atoms. The molecule has 0 bridgehead atoms. The first kappa shape index (κ1) is 24.1. The summed E-state index contributed by atoms with van der Waals surface area (Å²) in [5.74, 6) is -0.0317. The summed E-state index contributed by atoms with van der Waals surface area (Å²) < 4.78 is 17.2. The Hall–Kier alpha value is -2.53. The largest absolute Gasteiger partial charge is 0.493 e. The minimum Gasteiger partial charge on any atom is -0.493 e. The average Bonchev–Trinajstić information content (AvgIpc) is 3.01. The van der Waals surface area contributed by atoms with Crippen molar-refractivity contribution < 1.29 is 28.6 Å². The lowest BCUT2D eigenvalue weighted by atomic mass is 10.1. The van der Waals surface area contributed by atoms with Gasteiger partial charge in [-0.1, -0.05) is 24.3 Å². The Morgan fingerprint density at radius 1 is 1.22 bits per heavy atom. The van der Waals surface area contributed by atoms with Crippen LogP contribution in [0.4, 0.5) is 4.79 Å². The molecule has 0 N–H and O–H groups in total. The van der Waals surface area contributed by atoms with Crippen LogP contribution in [-0.4, -0.2) is 42.3 Å². The van der Waals surface area contributed by atoms with E-state index in [4.69, 9.17) is 14.2 Å². The predicted octanol–water partition coefficient (Wildman–Crippen LogP) is 4.79. The molecule has 1 fully saturated rings. The SMILES string of the molecule is CCOC(=O)CN1C(=O)S/C(=C\c2cc(I)c(OCc3ccccc3C)c(OC)c2)C1=O. The molecule has 2 aromatic carbocycles. The van der Waals surface area contributed by atoms with Crippen molar-refractivity contribution in [1.82, 2.24) is 4.90 Å². The number of aryl methyl sites for hydroxylation is 1. The third kappa shape index (κ3) is 5.63. The molecule has 0 radical (unpaired) electrons. The highest BCUT2D eigenvalue weighted by molar-refractivity contribution is 14.1. The molecule has 1 aliphatic rings. The lowest BCUT2D eigenvalue weighted by molar-refractivity contribution is -0.145. The molecular weight excluding hydrogens is 545 g/mol. The van der Waals surface area contributed by atoms with Gasteiger partial charge in [-0.2, -0.15) is 0 Å². The quantitative estimate of drug-likeness (QED) is 0.258. The second-order valence-corrected chi connectivity index (χ2v) is 8.98. The van der Waals surface area contributed by atoms with Crippen molar-refractivity contribution in [3.05, 3.63) is 61.6 Å². The predicted molar refractivity (Wildman–Crippen MR) is 131 cm³/mol. The first-order valence-corrected chi connectivity index (χ1v) is 11.7. The van der Waals surface area contributed by atoms with E-state index in [1.165, 1.54) is 0 Å². The van der Waals surface area contributed by atoms with Crippen molar-refractivity contribution in [3.8, 4) is 11.5 Å². The zero-order chi connectivity index (χ0) is 23.3. The van der Waals surface area contributed by atoms with Crippen LogP contribution < -0.4 is 9.47 Å². The molecule has 9 heteroatoms. The van der Waals surface area contributed by atoms with Crippen molar-refractivity contribution in [1.29, 1.82) is 0 Å². The van der Waals surface area contributed by atoms with Gasteiger partial charge in [0.15, 0.2) is 11.5 Å². The van der Waals surface area contributed by atoms with Crippen LogP contribution in [-0.2, 0) is 20.9 Å². The third-order valence-corrected chi connectivity index (χ3v) is 6.36. The van der Waals surface area contributed by atoms with Gasteiger partial charge in [0.05, 0.1) is 22.2 Å². The van der Waals surface area contributed by atoms with Gasteiger partial charge in [0, 0.05) is 0 Å². The highest BCUT2D eigenvalue weighted by atomic mass is 127. The van der Waals surface area contributed by atoms with E-state index >= 15 is 0 Å². The van der Waals surface area contributed by atoms with Gasteiger partial charge < -0.3 is 14.2 Å². The number of benzene rings is 2. The van der Waals surface area contributed by atoms with Crippen LogP contribution in [0, 0.1) is 10.5 Å². The number of nitrogens with zero attached hydrogens (tertiary/aromatic N) is 1. The molecule has 1 heterocycles. The molecule has 2 aromatic rings. The summed E-state index contributed by atoms with van der Waals surface area (Å²) >= 11 is 2.93. The zero-order valence-electron chi connectivity index (χ0n) is 17.8. The number of imide groups is 1. The van der Waals surface area contributed by atoms with Crippen molar-refractivity contribution in [2.24, 2.45) is 0 Å². The first-order valence-electron chi connectivity index (χ1n) is 9.79. The Morgan fingerprint density at radius 2 is 1.97 bits per heavy atom. The van der Waals surface area contributed by atoms with E-state index in [0.29, 0.717) is 23.7 Å². The molecule has 1 aliphatic heterocycles. The number of amides is 2. The average molecular weight is 567 g/mol. The van der Waals surface area contributed by atoms with Gasteiger partial charge in [-0.25, -0.2) is 0 Å². The second-order valence-electron chi connectivity index (χ2n) is 6.82. The van der Waals surface area contributed by atoms with Crippen molar-refractivity contribution in [3.63, 3.8) is 0 Å². The maximum Gasteiger partial charge on any atom is 0.326 e. The van der Waals surface area contributed by atoms with Crippen LogP contribution in [0.25, 0.3) is 6.08 Å². The Balaban J connectivity index is 1.80. The Kier molecular flexibility index (Phi) is 8.19. The van der Waals surface area contributed by atoms with Gasteiger partial charge in [0.2, 0.25) is 0 Å². The van der Waals surface area contributed by atoms with Gasteiger partial charge in [0.1, 0.15) is 13.2 Å². The third-order valence-electron chi connectivity index (χ3n) is 4.65. The standard InChI is InChI=1S/C23H22INO6S/c1-4-30-20(26)12-25-22(27)19(32-23(25)28)11-15-9-17(24)21(18(10-15)29-3)31-13-16-8-6-5-7-14(16)2/h5-11H,4,12-13H2,1-3H3/b19-11-. The van der Waals surface area contributed by atoms with Crippen LogP contribution in [0.15, 0.2) is 41.3 Å². The molecule has 3 rings (SSSR count). The van der Waals surface area contributed by atoms with Crippen molar-refractivity contribution in [2.75, 3.05) is 20.3 Å². The summed E-state index contributed by atoms with van der Waals surface area (Å²) in [6.45, 7) is 3.86. The molecule has 0 unspecified atom stereocenters. The second kappa shape index (κ2) is 10.9. The summed E-state index contributed by atoms with van der Waals surface area (Å²) in [5, 5.41) is -0.505. The summed E-state index contributed by atoms with van der Waals surface area (Å²) in [7, 11) is 1.54. The number of halogens is 1. The van der Waals surface area contributed by atoms with E-state index in [1.54, 1.807) is 26.2 Å². The fraction of sp³-hybridized carbons (Fsp3) is 0.261. The smallest absolute Gasteiger partial charge is 0.326 e. The number of thioether (sulfide) groups is 1. The molecule has 0 atom stereocenters. The van der Waals surface area contributed by atoms with E-state index < -0.39 is 23.7 Å². The van der Waals surface area contributed by atoms with E-state index in [-0.39, 0.29) is 11.5 Å². The molecular formula is C23H22INO6S. The van der Waals surface area contributed by atoms with Crippen LogP contribution in [0.3, 0.4) is 0 Å². The molecule has 0 aromatic heterocycles. The van der Waals surface area contributed by atoms with Crippen LogP contribution in [0.2, 0.25) is 0 Å². The van der Waals surface area contributed by atoms with Crippen molar-refractivity contribution in [2.45, 2.75) is 20.5 Å². The maximum atomic E-state index is 12.6. The summed E-state index contributed by atoms with van der Waals surface area (Å²) in [4.78, 5) is 37.6. The van der Waals surface area contributed by atoms with Gasteiger partial charge in [-0.05, 0) is 83.1 Å². The Labute approximate surface area is 204 Å². The molecule has 7 nitrogen and oxygen atoms in total. The normalized spacial score (nSPS) is 14.8. The van der Waals surface area contributed by atoms with Crippen LogP contribution in [0.5, 0.6) is 11.5 Å². The monoisotopic (exact) mass is 567 g/mol. The number of carbonyl (C=O) groups is 3. The first-order chi connectivity index (χ1) is 15.3.